The number of ether oxygens (including phenoxy) is 9. The monoisotopic (exact) mass is 995 g/mol. The summed E-state index contributed by atoms with van der Waals surface area (Å²) in [7, 11) is -0.283. The average molecular weight is 996 g/mol. The van der Waals surface area contributed by atoms with E-state index in [-0.39, 0.29) is 31.5 Å². The van der Waals surface area contributed by atoms with Crippen LogP contribution in [0.25, 0.3) is 0 Å². The molecular weight excluding hydrogens is 931 g/mol. The first kappa shape index (κ1) is 52.1. The summed E-state index contributed by atoms with van der Waals surface area (Å²) < 4.78 is 65.9. The molecule has 2 aliphatic rings. The molecule has 1 N–H and O–H groups in total. The van der Waals surface area contributed by atoms with Crippen LogP contribution in [0.5, 0.6) is 5.75 Å². The van der Waals surface area contributed by atoms with Crippen LogP contribution < -0.4 is 20.4 Å². The second-order valence-electron chi connectivity index (χ2n) is 18.9. The minimum absolute atomic E-state index is 0.0185. The van der Waals surface area contributed by atoms with Crippen molar-refractivity contribution in [2.45, 2.75) is 108 Å². The lowest BCUT2D eigenvalue weighted by Gasteiger charge is -2.52. The second-order valence-corrected chi connectivity index (χ2v) is 23.2. The quantitative estimate of drug-likeness (QED) is 0.0578. The van der Waals surface area contributed by atoms with Crippen molar-refractivity contribution in [1.29, 1.82) is 0 Å². The predicted molar refractivity (Wildman–Crippen MR) is 274 cm³/mol. The zero-order valence-corrected chi connectivity index (χ0v) is 42.7. The molecule has 2 aliphatic heterocycles. The Hall–Kier alpha value is -6.20. The molecular formula is C58H65NO12Si. The van der Waals surface area contributed by atoms with E-state index in [1.165, 1.54) is 7.11 Å². The minimum atomic E-state index is -3.15. The Morgan fingerprint density at radius 2 is 1.11 bits per heavy atom. The number of rotatable bonds is 20. The van der Waals surface area contributed by atoms with Gasteiger partial charge in [-0.05, 0) is 51.2 Å². The highest BCUT2D eigenvalue weighted by molar-refractivity contribution is 6.99. The van der Waals surface area contributed by atoms with Gasteiger partial charge in [0.25, 0.3) is 8.32 Å². The molecule has 2 heterocycles. The van der Waals surface area contributed by atoms with Crippen LogP contribution in [0.15, 0.2) is 176 Å². The predicted octanol–water partition coefficient (Wildman–Crippen LogP) is 8.82. The number of methoxy groups -OCH3 is 2. The van der Waals surface area contributed by atoms with Gasteiger partial charge in [0.2, 0.25) is 0 Å². The topological polar surface area (TPSA) is 138 Å². The van der Waals surface area contributed by atoms with Crippen LogP contribution in [0.1, 0.15) is 56.2 Å². The molecule has 0 spiro atoms. The van der Waals surface area contributed by atoms with E-state index in [1.807, 2.05) is 152 Å². The smallest absolute Gasteiger partial charge is 0.408 e. The van der Waals surface area contributed by atoms with E-state index in [1.54, 1.807) is 14.0 Å². The first-order valence-corrected chi connectivity index (χ1v) is 26.2. The van der Waals surface area contributed by atoms with Crippen LogP contribution in [0.4, 0.5) is 4.79 Å². The maximum Gasteiger partial charge on any atom is 0.408 e. The molecule has 8 rings (SSSR count). The van der Waals surface area contributed by atoms with Gasteiger partial charge in [-0.25, -0.2) is 9.59 Å². The molecule has 0 bridgehead atoms. The molecule has 6 aromatic carbocycles. The van der Waals surface area contributed by atoms with Gasteiger partial charge in [-0.3, -0.25) is 0 Å². The lowest BCUT2D eigenvalue weighted by molar-refractivity contribution is -0.394. The summed E-state index contributed by atoms with van der Waals surface area (Å²) in [6.45, 7) is 8.71. The highest BCUT2D eigenvalue weighted by Crippen LogP contribution is 2.43. The number of nitrogens with one attached hydrogen (secondary N) is 1. The van der Waals surface area contributed by atoms with Gasteiger partial charge < -0.3 is 52.4 Å². The first-order valence-electron chi connectivity index (χ1n) is 24.3. The number of esters is 1. The number of carbonyl (C=O) groups is 2. The van der Waals surface area contributed by atoms with Gasteiger partial charge in [-0.2, -0.15) is 0 Å². The Kier molecular flexibility index (Phi) is 17.7. The molecule has 0 aliphatic carbocycles. The molecule has 2 fully saturated rings. The van der Waals surface area contributed by atoms with Crippen molar-refractivity contribution in [3.05, 3.63) is 198 Å². The molecule has 378 valence electrons. The Labute approximate surface area is 423 Å². The summed E-state index contributed by atoms with van der Waals surface area (Å²) >= 11 is 0. The van der Waals surface area contributed by atoms with E-state index in [9.17, 15) is 9.59 Å². The molecule has 1 unspecified atom stereocenters. The third-order valence-corrected chi connectivity index (χ3v) is 18.1. The van der Waals surface area contributed by atoms with Gasteiger partial charge in [-0.1, -0.05) is 185 Å². The Morgan fingerprint density at radius 3 is 1.61 bits per heavy atom. The molecule has 2 saturated heterocycles. The molecule has 13 nitrogen and oxygen atoms in total. The van der Waals surface area contributed by atoms with E-state index in [2.05, 4.69) is 50.4 Å². The summed E-state index contributed by atoms with van der Waals surface area (Å²) in [6, 6.07) is 55.8. The summed E-state index contributed by atoms with van der Waals surface area (Å²) in [6.07, 6.45) is -8.41. The molecule has 72 heavy (non-hydrogen) atoms. The third kappa shape index (κ3) is 12.5. The van der Waals surface area contributed by atoms with Crippen molar-refractivity contribution in [3.63, 3.8) is 0 Å². The Morgan fingerprint density at radius 1 is 0.611 bits per heavy atom. The highest BCUT2D eigenvalue weighted by Gasteiger charge is 2.57. The van der Waals surface area contributed by atoms with Crippen LogP contribution in [0.3, 0.4) is 0 Å². The maximum atomic E-state index is 13.6. The second kappa shape index (κ2) is 24.5. The fourth-order valence-corrected chi connectivity index (χ4v) is 14.0. The number of hydrogen-bond acceptors (Lipinski definition) is 12. The van der Waals surface area contributed by atoms with Crippen molar-refractivity contribution < 1.29 is 56.6 Å². The summed E-state index contributed by atoms with van der Waals surface area (Å²) in [5.74, 6) is -0.0773. The van der Waals surface area contributed by atoms with Gasteiger partial charge in [0, 0.05) is 5.56 Å². The Bertz CT molecular complexity index is 2550. The SMILES string of the molecule is COC(=O)[C@@H](NC(=O)OCc1ccccc1)[C@@H](C)O[C@@H]1O[C@H]2[C@@H](OC(c3ccc(OC)cc3)O[C@@H]2CO[Si](c2ccccc2)(c2ccccc2)C(C)(C)C)[C@H](OCc2ccccc2)[C@@H]1OCc1ccccc1. The van der Waals surface area contributed by atoms with Crippen LogP contribution in [0.2, 0.25) is 5.04 Å². The van der Waals surface area contributed by atoms with E-state index in [0.717, 1.165) is 32.6 Å². The normalized spacial score (nSPS) is 21.9. The zero-order chi connectivity index (χ0) is 50.5. The number of fused-ring (bicyclic) bond motifs is 1. The third-order valence-electron chi connectivity index (χ3n) is 13.1. The molecule has 1 amide bonds. The van der Waals surface area contributed by atoms with E-state index in [0.29, 0.717) is 5.75 Å². The van der Waals surface area contributed by atoms with Gasteiger partial charge in [0.05, 0.1) is 40.1 Å². The summed E-state index contributed by atoms with van der Waals surface area (Å²) in [5.41, 5.74) is 3.33. The van der Waals surface area contributed by atoms with Gasteiger partial charge in [0.15, 0.2) is 18.6 Å². The van der Waals surface area contributed by atoms with Crippen LogP contribution >= 0.6 is 0 Å². The van der Waals surface area contributed by atoms with Gasteiger partial charge in [0.1, 0.15) is 42.9 Å². The van der Waals surface area contributed by atoms with Crippen molar-refractivity contribution in [2.24, 2.45) is 0 Å². The Balaban J connectivity index is 1.19. The number of amides is 1. The van der Waals surface area contributed by atoms with E-state index >= 15 is 0 Å². The standard InChI is InChI=1S/C58H65NO12Si/c1-40(49(54(60)63-6)59-57(61)66-38-43-26-16-9-17-27-43)68-56-53(65-37-42-24-14-8-15-25-42)51(64-36-41-22-12-7-13-23-41)52-50(70-56)48(69-55(71-52)44-32-34-45(62-5)35-33-44)39-67-72(58(2,3)4,46-28-18-10-19-29-46)47-30-20-11-21-31-47/h7-35,40,48-53,55-56H,36-39H2,1-6H3,(H,59,61)/t40-,48-,49+,50-,51+,52-,53+,55?,56-/m1/s1. The van der Waals surface area contributed by atoms with Crippen molar-refractivity contribution >= 4 is 30.8 Å². The van der Waals surface area contributed by atoms with Crippen molar-refractivity contribution in [1.82, 2.24) is 5.32 Å². The number of carbonyl (C=O) groups excluding carboxylic acids is 2. The number of alkyl carbamates (subject to hydrolysis) is 1. The van der Waals surface area contributed by atoms with Crippen molar-refractivity contribution in [3.8, 4) is 5.75 Å². The average Bonchev–Trinajstić information content (AvgIpc) is 3.41. The fourth-order valence-electron chi connectivity index (χ4n) is 9.41. The first-order chi connectivity index (χ1) is 35.0. The number of benzene rings is 6. The van der Waals surface area contributed by atoms with Gasteiger partial charge in [-0.15, -0.1) is 0 Å². The van der Waals surface area contributed by atoms with E-state index < -0.39 is 75.6 Å². The molecule has 9 atom stereocenters. The zero-order valence-electron chi connectivity index (χ0n) is 41.7. The summed E-state index contributed by atoms with van der Waals surface area (Å²) in [5, 5.41) is 4.51. The fraction of sp³-hybridized carbons (Fsp3) is 0.345. The molecule has 6 aromatic rings. The molecule has 14 heteroatoms. The highest BCUT2D eigenvalue weighted by atomic mass is 28.4. The number of hydrogen-bond donors (Lipinski definition) is 1. The molecule has 0 saturated carbocycles. The minimum Gasteiger partial charge on any atom is -0.497 e. The summed E-state index contributed by atoms with van der Waals surface area (Å²) in [4.78, 5) is 26.9. The lowest BCUT2D eigenvalue weighted by atomic mass is 9.93. The van der Waals surface area contributed by atoms with Crippen LogP contribution in [0, 0.1) is 0 Å². The van der Waals surface area contributed by atoms with Crippen LogP contribution in [-0.4, -0.2) is 90.2 Å². The maximum absolute atomic E-state index is 13.6. The molecule has 0 radical (unpaired) electrons. The van der Waals surface area contributed by atoms with Gasteiger partial charge >= 0.3 is 12.1 Å². The van der Waals surface area contributed by atoms with Crippen molar-refractivity contribution in [2.75, 3.05) is 20.8 Å². The van der Waals surface area contributed by atoms with E-state index in [4.69, 9.17) is 47.1 Å². The van der Waals surface area contributed by atoms with Crippen LogP contribution in [-0.2, 0) is 66.9 Å². The molecule has 0 aromatic heterocycles. The lowest BCUT2D eigenvalue weighted by Crippen LogP contribution is -2.70. The largest absolute Gasteiger partial charge is 0.497 e.